The summed E-state index contributed by atoms with van der Waals surface area (Å²) in [5.41, 5.74) is 16.9. The van der Waals surface area contributed by atoms with Gasteiger partial charge in [-0.3, -0.25) is 0 Å². The van der Waals surface area contributed by atoms with Crippen molar-refractivity contribution in [3.05, 3.63) is 216 Å². The van der Waals surface area contributed by atoms with Gasteiger partial charge < -0.3 is 9.80 Å². The van der Waals surface area contributed by atoms with Gasteiger partial charge in [-0.05, 0) is 105 Å². The van der Waals surface area contributed by atoms with Crippen LogP contribution in [0.1, 0.15) is 22.3 Å². The molecule has 52 heavy (non-hydrogen) atoms. The van der Waals surface area contributed by atoms with E-state index in [9.17, 15) is 0 Å². The molecular weight excluding hydrogens is 649 g/mol. The maximum absolute atomic E-state index is 2.52. The number of hydrogen-bond donors (Lipinski definition) is 0. The molecule has 0 bridgehead atoms. The van der Waals surface area contributed by atoms with E-state index in [1.54, 1.807) is 0 Å². The van der Waals surface area contributed by atoms with Crippen molar-refractivity contribution in [1.29, 1.82) is 0 Å². The third kappa shape index (κ3) is 4.08. The monoisotopic (exact) mass is 680 g/mol. The Morgan fingerprint density at radius 2 is 0.962 bits per heavy atom. The quantitative estimate of drug-likeness (QED) is 0.183. The van der Waals surface area contributed by atoms with Gasteiger partial charge in [0, 0.05) is 26.9 Å². The summed E-state index contributed by atoms with van der Waals surface area (Å²) in [4.78, 5) is 7.49. The summed E-state index contributed by atoms with van der Waals surface area (Å²) < 4.78 is 0. The van der Waals surface area contributed by atoms with Crippen LogP contribution in [0.15, 0.2) is 204 Å². The van der Waals surface area contributed by atoms with Crippen molar-refractivity contribution in [2.45, 2.75) is 15.2 Å². The van der Waals surface area contributed by atoms with Gasteiger partial charge in [0.25, 0.3) is 0 Å². The standard InChI is InChI=1S/C49H32N2S/c1-3-14-33(15-4-1)34-26-28-36(29-27-34)50(35-16-5-2-6-17-35)37-30-31-39-38-18-7-8-19-40(38)49(43(39)32-37)41-20-9-10-22-44(41)51-45-23-11-12-24-46(45)52-47-25-13-21-42(49)48(47)51/h1-32H. The number of para-hydroxylation sites is 4. The van der Waals surface area contributed by atoms with Gasteiger partial charge in [-0.1, -0.05) is 145 Å². The van der Waals surface area contributed by atoms with Crippen LogP contribution in [0.25, 0.3) is 22.3 Å². The Morgan fingerprint density at radius 3 is 1.79 bits per heavy atom. The summed E-state index contributed by atoms with van der Waals surface area (Å²) in [6.07, 6.45) is 0. The maximum Gasteiger partial charge on any atom is 0.0755 e. The van der Waals surface area contributed by atoms with E-state index in [4.69, 9.17) is 0 Å². The van der Waals surface area contributed by atoms with Crippen LogP contribution >= 0.6 is 11.8 Å². The Labute approximate surface area is 308 Å². The highest BCUT2D eigenvalue weighted by molar-refractivity contribution is 7.99. The van der Waals surface area contributed by atoms with Crippen LogP contribution in [-0.2, 0) is 5.41 Å². The fourth-order valence-electron chi connectivity index (χ4n) is 8.93. The molecular formula is C49H32N2S. The molecule has 11 rings (SSSR count). The Balaban J connectivity index is 1.17. The van der Waals surface area contributed by atoms with Crippen molar-refractivity contribution in [3.8, 4) is 22.3 Å². The molecule has 0 fully saturated rings. The first-order chi connectivity index (χ1) is 25.8. The molecule has 0 amide bonds. The molecule has 244 valence electrons. The smallest absolute Gasteiger partial charge is 0.0755 e. The van der Waals surface area contributed by atoms with Crippen molar-refractivity contribution in [3.63, 3.8) is 0 Å². The normalized spacial score (nSPS) is 15.7. The second-order valence-corrected chi connectivity index (χ2v) is 14.8. The molecule has 0 N–H and O–H groups in total. The lowest BCUT2D eigenvalue weighted by atomic mass is 9.64. The van der Waals surface area contributed by atoms with E-state index >= 15 is 0 Å². The molecule has 0 saturated heterocycles. The molecule has 8 aromatic carbocycles. The molecule has 0 saturated carbocycles. The van der Waals surface area contributed by atoms with Gasteiger partial charge in [-0.15, -0.1) is 0 Å². The zero-order chi connectivity index (χ0) is 34.2. The van der Waals surface area contributed by atoms with Crippen molar-refractivity contribution in [2.24, 2.45) is 0 Å². The molecule has 8 aromatic rings. The van der Waals surface area contributed by atoms with Gasteiger partial charge in [0.05, 0.1) is 22.5 Å². The first kappa shape index (κ1) is 29.4. The fraction of sp³-hybridized carbons (Fsp3) is 0.0204. The third-order valence-corrected chi connectivity index (χ3v) is 12.1. The molecule has 1 aliphatic carbocycles. The molecule has 3 aliphatic rings. The minimum atomic E-state index is -0.507. The summed E-state index contributed by atoms with van der Waals surface area (Å²) >= 11 is 1.88. The highest BCUT2D eigenvalue weighted by Gasteiger charge is 2.53. The second kappa shape index (κ2) is 11.4. The predicted octanol–water partition coefficient (Wildman–Crippen LogP) is 13.4. The lowest BCUT2D eigenvalue weighted by Crippen LogP contribution is -2.37. The van der Waals surface area contributed by atoms with E-state index in [-0.39, 0.29) is 0 Å². The first-order valence-corrected chi connectivity index (χ1v) is 18.7. The zero-order valence-electron chi connectivity index (χ0n) is 28.3. The number of fused-ring (bicyclic) bond motifs is 11. The highest BCUT2D eigenvalue weighted by atomic mass is 32.2. The Bertz CT molecular complexity index is 2670. The van der Waals surface area contributed by atoms with Gasteiger partial charge in [0.15, 0.2) is 0 Å². The van der Waals surface area contributed by atoms with Gasteiger partial charge in [-0.25, -0.2) is 0 Å². The largest absolute Gasteiger partial charge is 0.310 e. The molecule has 1 spiro atoms. The van der Waals surface area contributed by atoms with Crippen molar-refractivity contribution in [2.75, 3.05) is 9.80 Å². The molecule has 2 nitrogen and oxygen atoms in total. The van der Waals surface area contributed by atoms with E-state index in [0.717, 1.165) is 17.1 Å². The summed E-state index contributed by atoms with van der Waals surface area (Å²) in [7, 11) is 0. The third-order valence-electron chi connectivity index (χ3n) is 11.0. The fourth-order valence-corrected chi connectivity index (χ4v) is 10.0. The van der Waals surface area contributed by atoms with Crippen molar-refractivity contribution >= 4 is 45.9 Å². The number of anilines is 6. The molecule has 3 heteroatoms. The van der Waals surface area contributed by atoms with Gasteiger partial charge in [0.2, 0.25) is 0 Å². The number of benzene rings is 8. The summed E-state index contributed by atoms with van der Waals surface area (Å²) in [6, 6.07) is 71.4. The Hall–Kier alpha value is -6.29. The topological polar surface area (TPSA) is 6.48 Å². The van der Waals surface area contributed by atoms with Crippen LogP contribution in [0.5, 0.6) is 0 Å². The number of hydrogen-bond acceptors (Lipinski definition) is 3. The van der Waals surface area contributed by atoms with Crippen LogP contribution in [-0.4, -0.2) is 0 Å². The molecule has 2 heterocycles. The lowest BCUT2D eigenvalue weighted by Gasteiger charge is -2.47. The van der Waals surface area contributed by atoms with Crippen LogP contribution in [0.3, 0.4) is 0 Å². The molecule has 1 unspecified atom stereocenters. The zero-order valence-corrected chi connectivity index (χ0v) is 29.1. The number of nitrogens with zero attached hydrogens (tertiary/aromatic N) is 2. The van der Waals surface area contributed by atoms with Crippen LogP contribution in [0, 0.1) is 0 Å². The maximum atomic E-state index is 2.52. The second-order valence-electron chi connectivity index (χ2n) is 13.7. The molecule has 2 aliphatic heterocycles. The molecule has 0 aromatic heterocycles. The summed E-state index contributed by atoms with van der Waals surface area (Å²) in [5, 5.41) is 0. The Kier molecular flexibility index (Phi) is 6.43. The molecule has 0 radical (unpaired) electrons. The van der Waals surface area contributed by atoms with E-state index < -0.39 is 5.41 Å². The Morgan fingerprint density at radius 1 is 0.385 bits per heavy atom. The average Bonchev–Trinajstić information content (AvgIpc) is 3.50. The minimum absolute atomic E-state index is 0.507. The SMILES string of the molecule is c1ccc(-c2ccc(N(c3ccccc3)c3ccc4c(c3)C3(c5ccccc5-4)c4ccccc4N4c5ccccc5Sc5cccc3c54)cc2)cc1. The van der Waals surface area contributed by atoms with Crippen molar-refractivity contribution < 1.29 is 0 Å². The average molecular weight is 681 g/mol. The van der Waals surface area contributed by atoms with Crippen molar-refractivity contribution in [1.82, 2.24) is 0 Å². The number of rotatable bonds is 4. The predicted molar refractivity (Wildman–Crippen MR) is 216 cm³/mol. The van der Waals surface area contributed by atoms with Gasteiger partial charge in [0.1, 0.15) is 0 Å². The van der Waals surface area contributed by atoms with E-state index in [0.29, 0.717) is 0 Å². The highest BCUT2D eigenvalue weighted by Crippen LogP contribution is 2.67. The van der Waals surface area contributed by atoms with Gasteiger partial charge >= 0.3 is 0 Å². The van der Waals surface area contributed by atoms with E-state index in [1.165, 1.54) is 71.4 Å². The van der Waals surface area contributed by atoms with Gasteiger partial charge in [-0.2, -0.15) is 0 Å². The van der Waals surface area contributed by atoms with E-state index in [2.05, 4.69) is 204 Å². The summed E-state index contributed by atoms with van der Waals surface area (Å²) in [6.45, 7) is 0. The van der Waals surface area contributed by atoms with Crippen LogP contribution in [0.2, 0.25) is 0 Å². The van der Waals surface area contributed by atoms with Crippen LogP contribution < -0.4 is 9.80 Å². The summed E-state index contributed by atoms with van der Waals surface area (Å²) in [5.74, 6) is 0. The minimum Gasteiger partial charge on any atom is -0.310 e. The lowest BCUT2D eigenvalue weighted by molar-refractivity contribution is 0.746. The first-order valence-electron chi connectivity index (χ1n) is 17.9. The van der Waals surface area contributed by atoms with E-state index in [1.807, 2.05) is 11.8 Å². The van der Waals surface area contributed by atoms with Crippen LogP contribution in [0.4, 0.5) is 34.1 Å². The molecule has 1 atom stereocenters.